The molecule has 1 rings (SSSR count). The summed E-state index contributed by atoms with van der Waals surface area (Å²) in [5, 5.41) is 17.1. The molecule has 3 nitrogen and oxygen atoms in total. The number of nitrogens with zero attached hydrogens (tertiary/aromatic N) is 3. The molecule has 1 aromatic rings. The van der Waals surface area contributed by atoms with Gasteiger partial charge in [-0.1, -0.05) is 6.07 Å². The van der Waals surface area contributed by atoms with Crippen LogP contribution in [0.4, 0.5) is 0 Å². The van der Waals surface area contributed by atoms with E-state index >= 15 is 0 Å². The third-order valence-corrected chi connectivity index (χ3v) is 1.49. The van der Waals surface area contributed by atoms with Gasteiger partial charge >= 0.3 is 0 Å². The van der Waals surface area contributed by atoms with Crippen molar-refractivity contribution in [3.63, 3.8) is 0 Å². The SMILES string of the molecule is Cc1ccc(C(C#N)C#N)nc1. The van der Waals surface area contributed by atoms with Crippen molar-refractivity contribution in [1.29, 1.82) is 10.5 Å². The fourth-order valence-electron chi connectivity index (χ4n) is 0.811. The van der Waals surface area contributed by atoms with Crippen molar-refractivity contribution in [2.24, 2.45) is 0 Å². The lowest BCUT2D eigenvalue weighted by Gasteiger charge is -1.98. The Bertz CT molecular complexity index is 326. The van der Waals surface area contributed by atoms with Gasteiger partial charge in [0.1, 0.15) is 0 Å². The molecule has 0 atom stereocenters. The van der Waals surface area contributed by atoms with Gasteiger partial charge in [-0.2, -0.15) is 10.5 Å². The summed E-state index contributed by atoms with van der Waals surface area (Å²) in [4.78, 5) is 3.98. The molecule has 0 aliphatic heterocycles. The molecule has 0 N–H and O–H groups in total. The average molecular weight is 157 g/mol. The van der Waals surface area contributed by atoms with Crippen molar-refractivity contribution in [3.8, 4) is 12.1 Å². The van der Waals surface area contributed by atoms with Crippen LogP contribution < -0.4 is 0 Å². The second kappa shape index (κ2) is 3.50. The van der Waals surface area contributed by atoms with Crippen LogP contribution in [0.3, 0.4) is 0 Å². The highest BCUT2D eigenvalue weighted by Gasteiger charge is 2.08. The second-order valence-electron chi connectivity index (χ2n) is 2.45. The van der Waals surface area contributed by atoms with Crippen molar-refractivity contribution in [2.45, 2.75) is 12.8 Å². The molecule has 0 unspecified atom stereocenters. The van der Waals surface area contributed by atoms with Crippen molar-refractivity contribution in [3.05, 3.63) is 29.6 Å². The Kier molecular flexibility index (Phi) is 2.40. The lowest BCUT2D eigenvalue weighted by atomic mass is 10.1. The summed E-state index contributed by atoms with van der Waals surface area (Å²) >= 11 is 0. The fraction of sp³-hybridized carbons (Fsp3) is 0.222. The van der Waals surface area contributed by atoms with Gasteiger partial charge in [-0.3, -0.25) is 4.98 Å². The van der Waals surface area contributed by atoms with Gasteiger partial charge in [-0.05, 0) is 18.6 Å². The first kappa shape index (κ1) is 8.23. The number of hydrogen-bond acceptors (Lipinski definition) is 3. The number of rotatable bonds is 1. The largest absolute Gasteiger partial charge is 0.259 e. The van der Waals surface area contributed by atoms with E-state index in [1.54, 1.807) is 12.3 Å². The summed E-state index contributed by atoms with van der Waals surface area (Å²) in [6, 6.07) is 7.27. The smallest absolute Gasteiger partial charge is 0.175 e. The molecule has 0 aliphatic rings. The maximum Gasteiger partial charge on any atom is 0.175 e. The summed E-state index contributed by atoms with van der Waals surface area (Å²) in [5.41, 5.74) is 1.54. The van der Waals surface area contributed by atoms with Crippen molar-refractivity contribution >= 4 is 0 Å². The highest BCUT2D eigenvalue weighted by molar-refractivity contribution is 5.26. The highest BCUT2D eigenvalue weighted by Crippen LogP contribution is 2.10. The predicted octanol–water partition coefficient (Wildman–Crippen LogP) is 1.52. The van der Waals surface area contributed by atoms with Crippen LogP contribution >= 0.6 is 0 Å². The minimum absolute atomic E-state index is 0.519. The minimum Gasteiger partial charge on any atom is -0.259 e. The minimum atomic E-state index is -0.745. The standard InChI is InChI=1S/C9H7N3/c1-7-2-3-9(12-6-7)8(4-10)5-11/h2-3,6,8H,1H3. The van der Waals surface area contributed by atoms with Gasteiger partial charge in [0.25, 0.3) is 0 Å². The number of aromatic nitrogens is 1. The van der Waals surface area contributed by atoms with Crippen LogP contribution in [0.2, 0.25) is 0 Å². The van der Waals surface area contributed by atoms with Crippen LogP contribution in [0.5, 0.6) is 0 Å². The lowest BCUT2D eigenvalue weighted by Crippen LogP contribution is -1.95. The number of hydrogen-bond donors (Lipinski definition) is 0. The van der Waals surface area contributed by atoms with E-state index in [4.69, 9.17) is 10.5 Å². The third kappa shape index (κ3) is 1.59. The molecule has 0 saturated heterocycles. The van der Waals surface area contributed by atoms with Gasteiger partial charge in [0.05, 0.1) is 17.8 Å². The molecule has 0 fully saturated rings. The Morgan fingerprint density at radius 1 is 1.33 bits per heavy atom. The topological polar surface area (TPSA) is 60.5 Å². The summed E-state index contributed by atoms with van der Waals surface area (Å²) in [6.07, 6.45) is 1.65. The number of nitriles is 2. The van der Waals surface area contributed by atoms with E-state index in [-0.39, 0.29) is 0 Å². The second-order valence-corrected chi connectivity index (χ2v) is 2.45. The maximum atomic E-state index is 8.54. The van der Waals surface area contributed by atoms with Crippen LogP contribution in [0.25, 0.3) is 0 Å². The predicted molar refractivity (Wildman–Crippen MR) is 42.9 cm³/mol. The van der Waals surface area contributed by atoms with E-state index < -0.39 is 5.92 Å². The first-order valence-corrected chi connectivity index (χ1v) is 3.49. The van der Waals surface area contributed by atoms with Crippen molar-refractivity contribution < 1.29 is 0 Å². The Morgan fingerprint density at radius 3 is 2.42 bits per heavy atom. The molecule has 1 heterocycles. The monoisotopic (exact) mass is 157 g/mol. The molecule has 0 spiro atoms. The van der Waals surface area contributed by atoms with Crippen LogP contribution in [0.1, 0.15) is 17.2 Å². The first-order chi connectivity index (χ1) is 5.77. The molecular formula is C9H7N3. The van der Waals surface area contributed by atoms with Gasteiger partial charge < -0.3 is 0 Å². The van der Waals surface area contributed by atoms with Crippen LogP contribution in [-0.4, -0.2) is 4.98 Å². The average Bonchev–Trinajstić information content (AvgIpc) is 2.10. The summed E-state index contributed by atoms with van der Waals surface area (Å²) in [7, 11) is 0. The van der Waals surface area contributed by atoms with E-state index in [0.717, 1.165) is 5.56 Å². The van der Waals surface area contributed by atoms with Gasteiger partial charge in [0.15, 0.2) is 5.92 Å². The third-order valence-electron chi connectivity index (χ3n) is 1.49. The highest BCUT2D eigenvalue weighted by atomic mass is 14.7. The maximum absolute atomic E-state index is 8.54. The van der Waals surface area contributed by atoms with Gasteiger partial charge in [-0.25, -0.2) is 0 Å². The Labute approximate surface area is 70.9 Å². The molecule has 0 radical (unpaired) electrons. The molecule has 0 aliphatic carbocycles. The van der Waals surface area contributed by atoms with E-state index in [1.165, 1.54) is 0 Å². The molecular weight excluding hydrogens is 150 g/mol. The zero-order valence-corrected chi connectivity index (χ0v) is 6.65. The lowest BCUT2D eigenvalue weighted by molar-refractivity contribution is 1.01. The van der Waals surface area contributed by atoms with Crippen LogP contribution in [-0.2, 0) is 0 Å². The van der Waals surface area contributed by atoms with Gasteiger partial charge in [0.2, 0.25) is 0 Å². The molecule has 58 valence electrons. The Morgan fingerprint density at radius 2 is 2.00 bits per heavy atom. The van der Waals surface area contributed by atoms with Gasteiger partial charge in [-0.15, -0.1) is 0 Å². The van der Waals surface area contributed by atoms with E-state index in [2.05, 4.69) is 4.98 Å². The normalized spacial score (nSPS) is 9.00. The van der Waals surface area contributed by atoms with E-state index in [1.807, 2.05) is 25.1 Å². The molecule has 0 amide bonds. The molecule has 12 heavy (non-hydrogen) atoms. The van der Waals surface area contributed by atoms with E-state index in [0.29, 0.717) is 5.69 Å². The molecule has 1 aromatic heterocycles. The Balaban J connectivity index is 2.99. The number of pyridine rings is 1. The summed E-state index contributed by atoms with van der Waals surface area (Å²) in [5.74, 6) is -0.745. The molecule has 0 bridgehead atoms. The number of aryl methyl sites for hydroxylation is 1. The fourth-order valence-corrected chi connectivity index (χ4v) is 0.811. The van der Waals surface area contributed by atoms with Gasteiger partial charge in [0, 0.05) is 6.20 Å². The van der Waals surface area contributed by atoms with Crippen molar-refractivity contribution in [2.75, 3.05) is 0 Å². The quantitative estimate of drug-likeness (QED) is 0.620. The molecule has 0 aromatic carbocycles. The molecule has 3 heteroatoms. The first-order valence-electron chi connectivity index (χ1n) is 3.49. The Hall–Kier alpha value is -1.87. The zero-order valence-electron chi connectivity index (χ0n) is 6.65. The van der Waals surface area contributed by atoms with Crippen LogP contribution in [0.15, 0.2) is 18.3 Å². The van der Waals surface area contributed by atoms with Crippen LogP contribution in [0, 0.1) is 29.6 Å². The zero-order chi connectivity index (χ0) is 8.97. The van der Waals surface area contributed by atoms with Crippen molar-refractivity contribution in [1.82, 2.24) is 4.98 Å². The molecule has 0 saturated carbocycles. The van der Waals surface area contributed by atoms with E-state index in [9.17, 15) is 0 Å². The summed E-state index contributed by atoms with van der Waals surface area (Å²) in [6.45, 7) is 1.91. The summed E-state index contributed by atoms with van der Waals surface area (Å²) < 4.78 is 0.